The third-order valence-corrected chi connectivity index (χ3v) is 3.47. The van der Waals surface area contributed by atoms with E-state index in [-0.39, 0.29) is 0 Å². The van der Waals surface area contributed by atoms with Crippen molar-refractivity contribution in [3.63, 3.8) is 0 Å². The first kappa shape index (κ1) is 12.9. The van der Waals surface area contributed by atoms with Crippen molar-refractivity contribution in [3.8, 4) is 16.2 Å². The quantitative estimate of drug-likeness (QED) is 0.815. The smallest absolute Gasteiger partial charge is 0.183 e. The van der Waals surface area contributed by atoms with E-state index in [1.807, 2.05) is 30.5 Å². The van der Waals surface area contributed by atoms with Gasteiger partial charge in [0.1, 0.15) is 5.75 Å². The van der Waals surface area contributed by atoms with Crippen LogP contribution < -0.4 is 10.1 Å². The molecule has 1 heterocycles. The third kappa shape index (κ3) is 3.21. The van der Waals surface area contributed by atoms with Gasteiger partial charge in [-0.3, -0.25) is 0 Å². The number of ether oxygens (including phenoxy) is 2. The highest BCUT2D eigenvalue weighted by Crippen LogP contribution is 2.29. The Balaban J connectivity index is 2.04. The Morgan fingerprint density at radius 2 is 2.00 bits per heavy atom. The van der Waals surface area contributed by atoms with E-state index >= 15 is 0 Å². The normalized spacial score (nSPS) is 10.3. The number of nitrogens with zero attached hydrogens (tertiary/aromatic N) is 1. The Hall–Kier alpha value is -1.59. The van der Waals surface area contributed by atoms with Crippen LogP contribution in [-0.4, -0.2) is 32.4 Å². The minimum atomic E-state index is 0.678. The van der Waals surface area contributed by atoms with Crippen molar-refractivity contribution in [2.75, 3.05) is 32.7 Å². The van der Waals surface area contributed by atoms with Crippen molar-refractivity contribution >= 4 is 16.5 Å². The number of methoxy groups -OCH3 is 2. The predicted molar refractivity (Wildman–Crippen MR) is 74.5 cm³/mol. The molecule has 2 aromatic rings. The van der Waals surface area contributed by atoms with E-state index in [4.69, 9.17) is 9.47 Å². The van der Waals surface area contributed by atoms with Gasteiger partial charge < -0.3 is 14.8 Å². The maximum Gasteiger partial charge on any atom is 0.183 e. The van der Waals surface area contributed by atoms with Gasteiger partial charge in [-0.15, -0.1) is 0 Å². The van der Waals surface area contributed by atoms with Crippen LogP contribution in [0.15, 0.2) is 30.5 Å². The molecule has 0 radical (unpaired) electrons. The van der Waals surface area contributed by atoms with Crippen molar-refractivity contribution in [1.29, 1.82) is 0 Å². The van der Waals surface area contributed by atoms with E-state index in [9.17, 15) is 0 Å². The van der Waals surface area contributed by atoms with Crippen LogP contribution in [0.3, 0.4) is 0 Å². The number of hydrogen-bond acceptors (Lipinski definition) is 5. The zero-order valence-electron chi connectivity index (χ0n) is 10.5. The molecule has 0 amide bonds. The molecule has 0 aliphatic carbocycles. The molecule has 96 valence electrons. The second kappa shape index (κ2) is 6.37. The number of benzene rings is 1. The summed E-state index contributed by atoms with van der Waals surface area (Å²) >= 11 is 1.63. The van der Waals surface area contributed by atoms with Gasteiger partial charge in [0.05, 0.1) is 18.6 Å². The first-order valence-electron chi connectivity index (χ1n) is 5.66. The van der Waals surface area contributed by atoms with E-state index < -0.39 is 0 Å². The summed E-state index contributed by atoms with van der Waals surface area (Å²) in [5, 5.41) is 4.13. The highest BCUT2D eigenvalue weighted by atomic mass is 32.1. The van der Waals surface area contributed by atoms with E-state index in [0.717, 1.165) is 27.9 Å². The average molecular weight is 264 g/mol. The molecule has 0 bridgehead atoms. The molecule has 0 atom stereocenters. The summed E-state index contributed by atoms with van der Waals surface area (Å²) in [4.78, 5) is 5.46. The van der Waals surface area contributed by atoms with Crippen LogP contribution in [0.2, 0.25) is 0 Å². The molecule has 1 aromatic carbocycles. The summed E-state index contributed by atoms with van der Waals surface area (Å²) in [5.41, 5.74) is 1.15. The molecule has 0 fully saturated rings. The lowest BCUT2D eigenvalue weighted by molar-refractivity contribution is 0.211. The molecule has 0 aliphatic rings. The fraction of sp³-hybridized carbons (Fsp3) is 0.308. The van der Waals surface area contributed by atoms with Gasteiger partial charge in [-0.2, -0.15) is 0 Å². The lowest BCUT2D eigenvalue weighted by Crippen LogP contribution is -2.06. The maximum atomic E-state index is 5.14. The molecule has 1 aromatic heterocycles. The Labute approximate surface area is 111 Å². The van der Waals surface area contributed by atoms with Crippen molar-refractivity contribution in [2.24, 2.45) is 0 Å². The van der Waals surface area contributed by atoms with Crippen LogP contribution in [0.1, 0.15) is 0 Å². The van der Waals surface area contributed by atoms with Gasteiger partial charge in [0.15, 0.2) is 5.13 Å². The molecule has 4 nitrogen and oxygen atoms in total. The van der Waals surface area contributed by atoms with Crippen molar-refractivity contribution in [2.45, 2.75) is 0 Å². The van der Waals surface area contributed by atoms with Gasteiger partial charge >= 0.3 is 0 Å². The Kier molecular flexibility index (Phi) is 4.55. The van der Waals surface area contributed by atoms with E-state index in [2.05, 4.69) is 10.3 Å². The lowest BCUT2D eigenvalue weighted by Gasteiger charge is -2.01. The Bertz CT molecular complexity index is 482. The SMILES string of the molecule is COCCNc1ncc(-c2ccc(OC)cc2)s1. The number of hydrogen-bond donors (Lipinski definition) is 1. The molecule has 2 rings (SSSR count). The monoisotopic (exact) mass is 264 g/mol. The van der Waals surface area contributed by atoms with E-state index in [1.165, 1.54) is 0 Å². The molecule has 1 N–H and O–H groups in total. The summed E-state index contributed by atoms with van der Waals surface area (Å²) in [5.74, 6) is 0.863. The fourth-order valence-electron chi connectivity index (χ4n) is 1.50. The van der Waals surface area contributed by atoms with Gasteiger partial charge in [0.2, 0.25) is 0 Å². The molecular weight excluding hydrogens is 248 g/mol. The van der Waals surface area contributed by atoms with Gasteiger partial charge in [0, 0.05) is 19.9 Å². The third-order valence-electron chi connectivity index (χ3n) is 2.46. The first-order valence-corrected chi connectivity index (χ1v) is 6.48. The van der Waals surface area contributed by atoms with Gasteiger partial charge in [-0.25, -0.2) is 4.98 Å². The minimum absolute atomic E-state index is 0.678. The van der Waals surface area contributed by atoms with E-state index in [1.54, 1.807) is 25.6 Å². The Morgan fingerprint density at radius 3 is 2.67 bits per heavy atom. The highest BCUT2D eigenvalue weighted by Gasteiger charge is 2.04. The molecular formula is C13H16N2O2S. The summed E-state index contributed by atoms with van der Waals surface area (Å²) < 4.78 is 10.1. The van der Waals surface area contributed by atoms with Crippen LogP contribution in [0.25, 0.3) is 10.4 Å². The van der Waals surface area contributed by atoms with Crippen molar-refractivity contribution in [3.05, 3.63) is 30.5 Å². The molecule has 0 aliphatic heterocycles. The van der Waals surface area contributed by atoms with Crippen molar-refractivity contribution < 1.29 is 9.47 Å². The molecule has 0 unspecified atom stereocenters. The lowest BCUT2D eigenvalue weighted by atomic mass is 10.2. The summed E-state index contributed by atoms with van der Waals surface area (Å²) in [6.45, 7) is 1.45. The topological polar surface area (TPSA) is 43.4 Å². The van der Waals surface area contributed by atoms with Gasteiger partial charge in [-0.1, -0.05) is 11.3 Å². The van der Waals surface area contributed by atoms with Crippen molar-refractivity contribution in [1.82, 2.24) is 4.98 Å². The predicted octanol–water partition coefficient (Wildman–Crippen LogP) is 2.88. The summed E-state index contributed by atoms with van der Waals surface area (Å²) in [7, 11) is 3.35. The molecule has 18 heavy (non-hydrogen) atoms. The second-order valence-electron chi connectivity index (χ2n) is 3.68. The molecule has 5 heteroatoms. The minimum Gasteiger partial charge on any atom is -0.497 e. The number of thiazole rings is 1. The second-order valence-corrected chi connectivity index (χ2v) is 4.71. The Morgan fingerprint density at radius 1 is 1.22 bits per heavy atom. The van der Waals surface area contributed by atoms with Crippen LogP contribution in [-0.2, 0) is 4.74 Å². The number of rotatable bonds is 6. The van der Waals surface area contributed by atoms with Crippen LogP contribution in [0.5, 0.6) is 5.75 Å². The van der Waals surface area contributed by atoms with Crippen LogP contribution >= 0.6 is 11.3 Å². The number of nitrogens with one attached hydrogen (secondary N) is 1. The average Bonchev–Trinajstić information content (AvgIpc) is 2.88. The number of anilines is 1. The number of aromatic nitrogens is 1. The maximum absolute atomic E-state index is 5.14. The van der Waals surface area contributed by atoms with E-state index in [0.29, 0.717) is 6.61 Å². The summed E-state index contributed by atoms with van der Waals surface area (Å²) in [6, 6.07) is 7.97. The van der Waals surface area contributed by atoms with Gasteiger partial charge in [-0.05, 0) is 29.8 Å². The highest BCUT2D eigenvalue weighted by molar-refractivity contribution is 7.18. The largest absolute Gasteiger partial charge is 0.497 e. The van der Waals surface area contributed by atoms with Crippen LogP contribution in [0.4, 0.5) is 5.13 Å². The fourth-order valence-corrected chi connectivity index (χ4v) is 2.35. The molecule has 0 saturated carbocycles. The molecule has 0 spiro atoms. The van der Waals surface area contributed by atoms with Gasteiger partial charge in [0.25, 0.3) is 0 Å². The zero-order valence-corrected chi connectivity index (χ0v) is 11.3. The zero-order chi connectivity index (χ0) is 12.8. The first-order chi connectivity index (χ1) is 8.83. The summed E-state index contributed by atoms with van der Waals surface area (Å²) in [6.07, 6.45) is 1.88. The molecule has 0 saturated heterocycles. The van der Waals surface area contributed by atoms with Crippen LogP contribution in [0, 0.1) is 0 Å². The standard InChI is InChI=1S/C13H16N2O2S/c1-16-8-7-14-13-15-9-12(18-13)10-3-5-11(17-2)6-4-10/h3-6,9H,7-8H2,1-2H3,(H,14,15).